The highest BCUT2D eigenvalue weighted by atomic mass is 32.2. The smallest absolute Gasteiger partial charge is 0.243 e. The molecule has 0 saturated heterocycles. The molecule has 2 heterocycles. The molecule has 0 aliphatic carbocycles. The molecule has 0 bridgehead atoms. The van der Waals surface area contributed by atoms with Gasteiger partial charge in [0, 0.05) is 11.4 Å². The first-order valence-corrected chi connectivity index (χ1v) is 11.0. The van der Waals surface area contributed by atoms with Gasteiger partial charge in [0.25, 0.3) is 0 Å². The summed E-state index contributed by atoms with van der Waals surface area (Å²) in [5, 5.41) is 3.94. The maximum absolute atomic E-state index is 13.3. The van der Waals surface area contributed by atoms with E-state index in [1.807, 2.05) is 47.8 Å². The van der Waals surface area contributed by atoms with Crippen LogP contribution >= 0.6 is 11.3 Å². The van der Waals surface area contributed by atoms with Crippen LogP contribution < -0.4 is 0 Å². The minimum atomic E-state index is -3.64. The molecule has 4 nitrogen and oxygen atoms in total. The van der Waals surface area contributed by atoms with Gasteiger partial charge in [-0.05, 0) is 52.9 Å². The number of hydrogen-bond donors (Lipinski definition) is 0. The molecule has 0 atom stereocenters. The largest absolute Gasteiger partial charge is 0.468 e. The van der Waals surface area contributed by atoms with E-state index in [1.54, 1.807) is 41.9 Å². The summed E-state index contributed by atoms with van der Waals surface area (Å²) in [4.78, 5) is 1.46. The molecule has 4 aromatic rings. The second kappa shape index (κ2) is 7.68. The van der Waals surface area contributed by atoms with Crippen LogP contribution in [-0.2, 0) is 23.0 Å². The lowest BCUT2D eigenvalue weighted by atomic mass is 10.1. The first-order valence-electron chi connectivity index (χ1n) is 8.67. The van der Waals surface area contributed by atoms with Crippen LogP contribution in [0.15, 0.2) is 87.7 Å². The number of fused-ring (bicyclic) bond motifs is 1. The van der Waals surface area contributed by atoms with Gasteiger partial charge in [0.2, 0.25) is 10.0 Å². The van der Waals surface area contributed by atoms with Crippen LogP contribution in [0.3, 0.4) is 0 Å². The number of thiophene rings is 1. The quantitative estimate of drug-likeness (QED) is 0.444. The minimum Gasteiger partial charge on any atom is -0.468 e. The zero-order valence-electron chi connectivity index (χ0n) is 14.6. The van der Waals surface area contributed by atoms with Crippen LogP contribution in [0.5, 0.6) is 0 Å². The third-order valence-electron chi connectivity index (χ3n) is 4.46. The molecule has 0 aliphatic heterocycles. The number of sulfonamides is 1. The van der Waals surface area contributed by atoms with E-state index >= 15 is 0 Å². The Morgan fingerprint density at radius 2 is 1.78 bits per heavy atom. The highest BCUT2D eigenvalue weighted by Gasteiger charge is 2.25. The Hall–Kier alpha value is -2.41. The van der Waals surface area contributed by atoms with E-state index in [1.165, 1.54) is 4.31 Å². The van der Waals surface area contributed by atoms with Crippen LogP contribution in [0, 0.1) is 0 Å². The van der Waals surface area contributed by atoms with Gasteiger partial charge in [-0.2, -0.15) is 4.31 Å². The number of nitrogens with zero attached hydrogens (tertiary/aromatic N) is 1. The molecule has 0 amide bonds. The second-order valence-electron chi connectivity index (χ2n) is 6.26. The molecular weight excluding hydrogens is 378 g/mol. The van der Waals surface area contributed by atoms with E-state index in [9.17, 15) is 8.42 Å². The van der Waals surface area contributed by atoms with E-state index in [-0.39, 0.29) is 6.54 Å². The highest BCUT2D eigenvalue weighted by Crippen LogP contribution is 2.24. The molecule has 0 N–H and O–H groups in total. The lowest BCUT2D eigenvalue weighted by Crippen LogP contribution is -2.32. The van der Waals surface area contributed by atoms with E-state index in [4.69, 9.17) is 4.42 Å². The minimum absolute atomic E-state index is 0.216. The Labute approximate surface area is 162 Å². The molecule has 6 heteroatoms. The predicted molar refractivity (Wildman–Crippen MR) is 108 cm³/mol. The summed E-state index contributed by atoms with van der Waals surface area (Å²) in [6.45, 7) is 0.615. The highest BCUT2D eigenvalue weighted by molar-refractivity contribution is 7.89. The van der Waals surface area contributed by atoms with Crippen molar-refractivity contribution in [1.29, 1.82) is 0 Å². The fourth-order valence-electron chi connectivity index (χ4n) is 3.03. The monoisotopic (exact) mass is 397 g/mol. The van der Waals surface area contributed by atoms with Crippen molar-refractivity contribution < 1.29 is 12.8 Å². The first kappa shape index (κ1) is 18.0. The van der Waals surface area contributed by atoms with Crippen LogP contribution in [0.25, 0.3) is 10.8 Å². The van der Waals surface area contributed by atoms with Gasteiger partial charge in [0.05, 0.1) is 17.7 Å². The van der Waals surface area contributed by atoms with Crippen molar-refractivity contribution in [2.75, 3.05) is 6.54 Å². The average Bonchev–Trinajstić information content (AvgIpc) is 3.38. The molecule has 2 aromatic carbocycles. The maximum Gasteiger partial charge on any atom is 0.243 e. The molecular formula is C21H19NO3S2. The average molecular weight is 398 g/mol. The summed E-state index contributed by atoms with van der Waals surface area (Å²) < 4.78 is 33.6. The molecule has 0 spiro atoms. The topological polar surface area (TPSA) is 50.5 Å². The number of benzene rings is 2. The molecule has 0 aliphatic rings. The second-order valence-corrected chi connectivity index (χ2v) is 9.23. The van der Waals surface area contributed by atoms with Crippen molar-refractivity contribution in [2.24, 2.45) is 0 Å². The molecule has 0 saturated carbocycles. The normalized spacial score (nSPS) is 12.0. The number of rotatable bonds is 7. The van der Waals surface area contributed by atoms with Crippen LogP contribution in [0.2, 0.25) is 0 Å². The third kappa shape index (κ3) is 3.98. The van der Waals surface area contributed by atoms with Gasteiger partial charge < -0.3 is 4.42 Å². The Bertz CT molecular complexity index is 1120. The fourth-order valence-corrected chi connectivity index (χ4v) is 5.17. The van der Waals surface area contributed by atoms with Gasteiger partial charge in [0.1, 0.15) is 5.76 Å². The molecule has 4 rings (SSSR count). The lowest BCUT2D eigenvalue weighted by Gasteiger charge is -2.21. The zero-order valence-corrected chi connectivity index (χ0v) is 16.2. The van der Waals surface area contributed by atoms with Gasteiger partial charge in [-0.3, -0.25) is 0 Å². The van der Waals surface area contributed by atoms with E-state index in [2.05, 4.69) is 0 Å². The Morgan fingerprint density at radius 1 is 0.926 bits per heavy atom. The Balaban J connectivity index is 1.66. The summed E-state index contributed by atoms with van der Waals surface area (Å²) >= 11 is 1.64. The van der Waals surface area contributed by atoms with Crippen molar-refractivity contribution in [1.82, 2.24) is 4.31 Å². The summed E-state index contributed by atoms with van der Waals surface area (Å²) in [5.41, 5.74) is 0. The number of hydrogen-bond acceptors (Lipinski definition) is 4. The van der Waals surface area contributed by atoms with Gasteiger partial charge in [-0.1, -0.05) is 36.4 Å². The molecule has 0 unspecified atom stereocenters. The summed E-state index contributed by atoms with van der Waals surface area (Å²) in [7, 11) is -3.64. The SMILES string of the molecule is O=S(=O)(c1ccc2ccccc2c1)N(CCc1cccs1)Cc1ccco1. The molecule has 0 radical (unpaired) electrons. The van der Waals surface area contributed by atoms with Crippen molar-refractivity contribution in [3.63, 3.8) is 0 Å². The van der Waals surface area contributed by atoms with Crippen LogP contribution in [0.4, 0.5) is 0 Å². The summed E-state index contributed by atoms with van der Waals surface area (Å²) in [6, 6.07) is 20.6. The Kier molecular flexibility index (Phi) is 5.11. The van der Waals surface area contributed by atoms with Crippen molar-refractivity contribution in [2.45, 2.75) is 17.9 Å². The standard InChI is InChI=1S/C21H19NO3S2/c23-27(24,21-10-9-17-5-1-2-6-18(17)15-21)22(16-19-7-3-13-25-19)12-11-20-8-4-14-26-20/h1-10,13-15H,11-12,16H2. The van der Waals surface area contributed by atoms with E-state index in [0.29, 0.717) is 23.6 Å². The van der Waals surface area contributed by atoms with Gasteiger partial charge in [0.15, 0.2) is 0 Å². The first-order chi connectivity index (χ1) is 13.1. The molecule has 138 valence electrons. The van der Waals surface area contributed by atoms with Gasteiger partial charge >= 0.3 is 0 Å². The number of furan rings is 1. The third-order valence-corrected chi connectivity index (χ3v) is 7.24. The van der Waals surface area contributed by atoms with E-state index < -0.39 is 10.0 Å². The maximum atomic E-state index is 13.3. The molecule has 0 fully saturated rings. The van der Waals surface area contributed by atoms with Gasteiger partial charge in [-0.15, -0.1) is 11.3 Å². The molecule has 2 aromatic heterocycles. The van der Waals surface area contributed by atoms with Gasteiger partial charge in [-0.25, -0.2) is 8.42 Å². The van der Waals surface area contributed by atoms with Crippen LogP contribution in [-0.4, -0.2) is 19.3 Å². The predicted octanol–water partition coefficient (Wildman–Crippen LogP) is 4.93. The van der Waals surface area contributed by atoms with Crippen molar-refractivity contribution in [3.05, 3.63) is 89.0 Å². The Morgan fingerprint density at radius 3 is 2.52 bits per heavy atom. The van der Waals surface area contributed by atoms with Crippen molar-refractivity contribution >= 4 is 32.1 Å². The lowest BCUT2D eigenvalue weighted by molar-refractivity contribution is 0.366. The van der Waals surface area contributed by atoms with Crippen molar-refractivity contribution in [3.8, 4) is 0 Å². The molecule has 27 heavy (non-hydrogen) atoms. The zero-order chi connectivity index (χ0) is 18.7. The summed E-state index contributed by atoms with van der Waals surface area (Å²) in [6.07, 6.45) is 2.24. The van der Waals surface area contributed by atoms with E-state index in [0.717, 1.165) is 15.6 Å². The summed E-state index contributed by atoms with van der Waals surface area (Å²) in [5.74, 6) is 0.630. The fraction of sp³-hybridized carbons (Fsp3) is 0.143. The van der Waals surface area contributed by atoms with Crippen LogP contribution in [0.1, 0.15) is 10.6 Å².